The van der Waals surface area contributed by atoms with Crippen LogP contribution in [0, 0.1) is 5.92 Å². The fourth-order valence-electron chi connectivity index (χ4n) is 0.719. The highest BCUT2D eigenvalue weighted by Gasteiger charge is 2.09. The van der Waals surface area contributed by atoms with Gasteiger partial charge in [0, 0.05) is 6.04 Å². The standard InChI is InChI=1S/C8H17N/c1-5-8(9)7(4)6(2)3/h7-8H,2,5,9H2,1,3-4H3/t7-,8+/m0/s1. The molecule has 0 spiro atoms. The molecule has 0 unspecified atom stereocenters. The van der Waals surface area contributed by atoms with Crippen molar-refractivity contribution in [2.75, 3.05) is 0 Å². The molecule has 0 aromatic heterocycles. The van der Waals surface area contributed by atoms with E-state index < -0.39 is 0 Å². The molecule has 54 valence electrons. The lowest BCUT2D eigenvalue weighted by Crippen LogP contribution is -2.27. The Labute approximate surface area is 57.9 Å². The van der Waals surface area contributed by atoms with E-state index in [4.69, 9.17) is 5.73 Å². The van der Waals surface area contributed by atoms with E-state index in [1.54, 1.807) is 0 Å². The van der Waals surface area contributed by atoms with Gasteiger partial charge in [-0.05, 0) is 19.3 Å². The molecule has 0 aromatic rings. The topological polar surface area (TPSA) is 26.0 Å². The highest BCUT2D eigenvalue weighted by atomic mass is 14.6. The van der Waals surface area contributed by atoms with Crippen LogP contribution in [-0.4, -0.2) is 6.04 Å². The van der Waals surface area contributed by atoms with E-state index in [0.29, 0.717) is 12.0 Å². The van der Waals surface area contributed by atoms with Gasteiger partial charge in [0.15, 0.2) is 0 Å². The lowest BCUT2D eigenvalue weighted by molar-refractivity contribution is 0.503. The van der Waals surface area contributed by atoms with Gasteiger partial charge in [0.1, 0.15) is 0 Å². The third-order valence-electron chi connectivity index (χ3n) is 1.89. The molecule has 2 atom stereocenters. The lowest BCUT2D eigenvalue weighted by Gasteiger charge is -2.17. The zero-order chi connectivity index (χ0) is 7.44. The summed E-state index contributed by atoms with van der Waals surface area (Å²) in [7, 11) is 0. The molecule has 0 saturated carbocycles. The van der Waals surface area contributed by atoms with Crippen LogP contribution >= 0.6 is 0 Å². The van der Waals surface area contributed by atoms with Gasteiger partial charge in [0.25, 0.3) is 0 Å². The van der Waals surface area contributed by atoms with Crippen molar-refractivity contribution in [1.82, 2.24) is 0 Å². The van der Waals surface area contributed by atoms with E-state index in [9.17, 15) is 0 Å². The molecule has 0 heterocycles. The molecule has 0 bridgehead atoms. The maximum Gasteiger partial charge on any atom is 0.00991 e. The quantitative estimate of drug-likeness (QED) is 0.576. The monoisotopic (exact) mass is 127 g/mol. The molecule has 0 aliphatic rings. The first-order valence-electron chi connectivity index (χ1n) is 3.50. The minimum Gasteiger partial charge on any atom is -0.327 e. The molecule has 0 aliphatic heterocycles. The Morgan fingerprint density at radius 1 is 1.67 bits per heavy atom. The van der Waals surface area contributed by atoms with Crippen LogP contribution in [0.4, 0.5) is 0 Å². The summed E-state index contributed by atoms with van der Waals surface area (Å²) in [6.45, 7) is 10.1. The van der Waals surface area contributed by atoms with E-state index in [-0.39, 0.29) is 0 Å². The summed E-state index contributed by atoms with van der Waals surface area (Å²) >= 11 is 0. The second-order valence-corrected chi connectivity index (χ2v) is 2.71. The van der Waals surface area contributed by atoms with E-state index in [1.807, 2.05) is 6.92 Å². The van der Waals surface area contributed by atoms with Gasteiger partial charge in [0.05, 0.1) is 0 Å². The van der Waals surface area contributed by atoms with Crippen molar-refractivity contribution in [2.45, 2.75) is 33.2 Å². The molecule has 0 amide bonds. The molecule has 0 aliphatic carbocycles. The number of hydrogen-bond donors (Lipinski definition) is 1. The van der Waals surface area contributed by atoms with Gasteiger partial charge in [0.2, 0.25) is 0 Å². The van der Waals surface area contributed by atoms with Crippen LogP contribution in [0.15, 0.2) is 12.2 Å². The van der Waals surface area contributed by atoms with Crippen LogP contribution in [0.1, 0.15) is 27.2 Å². The Morgan fingerprint density at radius 3 is 2.22 bits per heavy atom. The average molecular weight is 127 g/mol. The molecule has 0 rings (SSSR count). The summed E-state index contributed by atoms with van der Waals surface area (Å²) in [4.78, 5) is 0. The minimum atomic E-state index is 0.294. The molecular weight excluding hydrogens is 110 g/mol. The largest absolute Gasteiger partial charge is 0.327 e. The summed E-state index contributed by atoms with van der Waals surface area (Å²) < 4.78 is 0. The van der Waals surface area contributed by atoms with E-state index >= 15 is 0 Å². The van der Waals surface area contributed by atoms with Crippen molar-refractivity contribution < 1.29 is 0 Å². The first-order valence-corrected chi connectivity index (χ1v) is 3.50. The Morgan fingerprint density at radius 2 is 2.11 bits per heavy atom. The van der Waals surface area contributed by atoms with Gasteiger partial charge in [-0.15, -0.1) is 0 Å². The zero-order valence-corrected chi connectivity index (χ0v) is 6.65. The van der Waals surface area contributed by atoms with Gasteiger partial charge < -0.3 is 5.73 Å². The number of rotatable bonds is 3. The second-order valence-electron chi connectivity index (χ2n) is 2.71. The third kappa shape index (κ3) is 2.66. The summed E-state index contributed by atoms with van der Waals surface area (Å²) in [5, 5.41) is 0. The first-order chi connectivity index (χ1) is 4.09. The van der Waals surface area contributed by atoms with Crippen molar-refractivity contribution in [3.8, 4) is 0 Å². The molecule has 0 fully saturated rings. The molecule has 0 radical (unpaired) electrons. The smallest absolute Gasteiger partial charge is 0.00991 e. The third-order valence-corrected chi connectivity index (χ3v) is 1.89. The van der Waals surface area contributed by atoms with E-state index in [0.717, 1.165) is 6.42 Å². The van der Waals surface area contributed by atoms with Crippen molar-refractivity contribution in [2.24, 2.45) is 11.7 Å². The minimum absolute atomic E-state index is 0.294. The Hall–Kier alpha value is -0.300. The lowest BCUT2D eigenvalue weighted by atomic mass is 9.94. The maximum atomic E-state index is 5.76. The number of nitrogens with two attached hydrogens (primary N) is 1. The van der Waals surface area contributed by atoms with Crippen molar-refractivity contribution in [1.29, 1.82) is 0 Å². The first kappa shape index (κ1) is 8.70. The van der Waals surface area contributed by atoms with Gasteiger partial charge in [-0.2, -0.15) is 0 Å². The molecule has 2 N–H and O–H groups in total. The van der Waals surface area contributed by atoms with Crippen LogP contribution < -0.4 is 5.73 Å². The highest BCUT2D eigenvalue weighted by Crippen LogP contribution is 2.12. The van der Waals surface area contributed by atoms with Crippen molar-refractivity contribution >= 4 is 0 Å². The predicted molar refractivity (Wildman–Crippen MR) is 42.2 cm³/mol. The summed E-state index contributed by atoms with van der Waals surface area (Å²) in [5.41, 5.74) is 6.94. The summed E-state index contributed by atoms with van der Waals surface area (Å²) in [6.07, 6.45) is 1.04. The predicted octanol–water partition coefficient (Wildman–Crippen LogP) is 1.94. The molecular formula is C8H17N. The highest BCUT2D eigenvalue weighted by molar-refractivity contribution is 4.97. The normalized spacial score (nSPS) is 16.9. The zero-order valence-electron chi connectivity index (χ0n) is 6.65. The molecule has 1 heteroatoms. The van der Waals surface area contributed by atoms with Gasteiger partial charge in [-0.3, -0.25) is 0 Å². The summed E-state index contributed by atoms with van der Waals surface area (Å²) in [5.74, 6) is 0.468. The molecule has 1 nitrogen and oxygen atoms in total. The molecule has 0 aromatic carbocycles. The van der Waals surface area contributed by atoms with Crippen LogP contribution in [0.3, 0.4) is 0 Å². The van der Waals surface area contributed by atoms with Gasteiger partial charge >= 0.3 is 0 Å². The van der Waals surface area contributed by atoms with Gasteiger partial charge in [-0.1, -0.05) is 26.0 Å². The Bertz CT molecular complexity index is 96.7. The van der Waals surface area contributed by atoms with E-state index in [2.05, 4.69) is 20.4 Å². The second kappa shape index (κ2) is 3.67. The van der Waals surface area contributed by atoms with Crippen LogP contribution in [0.25, 0.3) is 0 Å². The van der Waals surface area contributed by atoms with Gasteiger partial charge in [-0.25, -0.2) is 0 Å². The molecule has 0 saturated heterocycles. The number of hydrogen-bond acceptors (Lipinski definition) is 1. The summed E-state index contributed by atoms with van der Waals surface area (Å²) in [6, 6.07) is 0.294. The van der Waals surface area contributed by atoms with Crippen LogP contribution in [0.2, 0.25) is 0 Å². The van der Waals surface area contributed by atoms with E-state index in [1.165, 1.54) is 5.57 Å². The average Bonchev–Trinajstić information content (AvgIpc) is 1.84. The molecule has 9 heavy (non-hydrogen) atoms. The van der Waals surface area contributed by atoms with Crippen LogP contribution in [-0.2, 0) is 0 Å². The van der Waals surface area contributed by atoms with Crippen molar-refractivity contribution in [3.63, 3.8) is 0 Å². The Balaban J connectivity index is 3.72. The maximum absolute atomic E-state index is 5.76. The fraction of sp³-hybridized carbons (Fsp3) is 0.750. The Kier molecular flexibility index (Phi) is 3.55. The SMILES string of the molecule is C=C(C)[C@H](C)[C@H](N)CC. The van der Waals surface area contributed by atoms with Crippen LogP contribution in [0.5, 0.6) is 0 Å². The fourth-order valence-corrected chi connectivity index (χ4v) is 0.719. The van der Waals surface area contributed by atoms with Crippen molar-refractivity contribution in [3.05, 3.63) is 12.2 Å².